The van der Waals surface area contributed by atoms with Crippen molar-refractivity contribution in [3.63, 3.8) is 0 Å². The van der Waals surface area contributed by atoms with Gasteiger partial charge in [-0.2, -0.15) is 0 Å². The molecule has 2 aromatic rings. The first-order valence-corrected chi connectivity index (χ1v) is 10.5. The second-order valence-electron chi connectivity index (χ2n) is 7.98. The fraction of sp³-hybridized carbons (Fsp3) is 0.417. The summed E-state index contributed by atoms with van der Waals surface area (Å²) >= 11 is 0. The molecule has 1 N–H and O–H groups in total. The summed E-state index contributed by atoms with van der Waals surface area (Å²) in [4.78, 5) is 27.2. The molecular formula is C24H29NO6. The van der Waals surface area contributed by atoms with Gasteiger partial charge in [-0.15, -0.1) is 0 Å². The molecule has 1 atom stereocenters. The molecule has 0 aliphatic carbocycles. The standard InChI is InChI=1S/C24H29NO6/c1-15(2)29-13-7-11-25-21(19-10-6-12-30-19)20(23(27)24(25)28)22(26)17-8-5-9-18(14-17)31-16(3)4/h5-6,8-10,12,14-16,21,26H,7,11,13H2,1-4H3/b22-20-. The second-order valence-corrected chi connectivity index (χ2v) is 7.98. The van der Waals surface area contributed by atoms with Crippen LogP contribution >= 0.6 is 0 Å². The maximum atomic E-state index is 12.9. The lowest BCUT2D eigenvalue weighted by Gasteiger charge is -2.23. The van der Waals surface area contributed by atoms with Crippen molar-refractivity contribution >= 4 is 17.4 Å². The van der Waals surface area contributed by atoms with Crippen LogP contribution in [0.5, 0.6) is 5.75 Å². The average molecular weight is 427 g/mol. The van der Waals surface area contributed by atoms with Gasteiger partial charge in [0, 0.05) is 18.7 Å². The van der Waals surface area contributed by atoms with E-state index >= 15 is 0 Å². The third-order valence-corrected chi connectivity index (χ3v) is 4.83. The summed E-state index contributed by atoms with van der Waals surface area (Å²) < 4.78 is 16.8. The summed E-state index contributed by atoms with van der Waals surface area (Å²) in [5, 5.41) is 11.1. The van der Waals surface area contributed by atoms with Crippen molar-refractivity contribution in [1.82, 2.24) is 4.90 Å². The molecule has 1 aliphatic rings. The predicted octanol–water partition coefficient (Wildman–Crippen LogP) is 4.30. The molecule has 0 spiro atoms. The minimum Gasteiger partial charge on any atom is -0.507 e. The van der Waals surface area contributed by atoms with Crippen molar-refractivity contribution in [2.24, 2.45) is 0 Å². The quantitative estimate of drug-likeness (QED) is 0.278. The van der Waals surface area contributed by atoms with Crippen LogP contribution in [0.15, 0.2) is 52.7 Å². The zero-order chi connectivity index (χ0) is 22.5. The van der Waals surface area contributed by atoms with Gasteiger partial charge in [-0.1, -0.05) is 12.1 Å². The molecule has 2 heterocycles. The van der Waals surface area contributed by atoms with Gasteiger partial charge < -0.3 is 23.9 Å². The van der Waals surface area contributed by atoms with Crippen molar-refractivity contribution < 1.29 is 28.6 Å². The van der Waals surface area contributed by atoms with E-state index in [1.165, 1.54) is 11.2 Å². The molecular weight excluding hydrogens is 398 g/mol. The van der Waals surface area contributed by atoms with Crippen molar-refractivity contribution in [1.29, 1.82) is 0 Å². The Morgan fingerprint density at radius 3 is 2.55 bits per heavy atom. The molecule has 1 aromatic carbocycles. The van der Waals surface area contributed by atoms with Crippen LogP contribution in [0, 0.1) is 0 Å². The monoisotopic (exact) mass is 427 g/mol. The average Bonchev–Trinajstić information content (AvgIpc) is 3.32. The first kappa shape index (κ1) is 22.6. The summed E-state index contributed by atoms with van der Waals surface area (Å²) in [5.41, 5.74) is 0.405. The van der Waals surface area contributed by atoms with Crippen LogP contribution in [0.3, 0.4) is 0 Å². The van der Waals surface area contributed by atoms with Crippen LogP contribution < -0.4 is 4.74 Å². The Morgan fingerprint density at radius 1 is 1.13 bits per heavy atom. The van der Waals surface area contributed by atoms with Crippen LogP contribution in [-0.2, 0) is 14.3 Å². The summed E-state index contributed by atoms with van der Waals surface area (Å²) in [7, 11) is 0. The predicted molar refractivity (Wildman–Crippen MR) is 116 cm³/mol. The number of rotatable bonds is 9. The van der Waals surface area contributed by atoms with Gasteiger partial charge >= 0.3 is 0 Å². The van der Waals surface area contributed by atoms with Crippen LogP contribution in [0.2, 0.25) is 0 Å². The zero-order valence-corrected chi connectivity index (χ0v) is 18.3. The van der Waals surface area contributed by atoms with E-state index in [0.29, 0.717) is 36.6 Å². The summed E-state index contributed by atoms with van der Waals surface area (Å²) in [6, 6.07) is 9.41. The minimum atomic E-state index is -0.802. The Hall–Kier alpha value is -3.06. The molecule has 0 saturated carbocycles. The molecule has 7 heteroatoms. The summed E-state index contributed by atoms with van der Waals surface area (Å²) in [5.74, 6) is -0.676. The van der Waals surface area contributed by atoms with Crippen molar-refractivity contribution in [2.75, 3.05) is 13.2 Å². The molecule has 166 valence electrons. The number of aliphatic hydroxyl groups excluding tert-OH is 1. The molecule has 1 aliphatic heterocycles. The summed E-state index contributed by atoms with van der Waals surface area (Å²) in [6.45, 7) is 8.43. The molecule has 1 saturated heterocycles. The largest absolute Gasteiger partial charge is 0.507 e. The van der Waals surface area contributed by atoms with Crippen LogP contribution in [0.4, 0.5) is 0 Å². The van der Waals surface area contributed by atoms with Gasteiger partial charge in [-0.25, -0.2) is 0 Å². The van der Waals surface area contributed by atoms with Crippen LogP contribution in [-0.4, -0.2) is 47.1 Å². The minimum absolute atomic E-state index is 0.00595. The Labute approximate surface area is 182 Å². The Balaban J connectivity index is 1.97. The number of likely N-dealkylation sites (tertiary alicyclic amines) is 1. The number of hydrogen-bond acceptors (Lipinski definition) is 6. The zero-order valence-electron chi connectivity index (χ0n) is 18.3. The third kappa shape index (κ3) is 5.17. The highest BCUT2D eigenvalue weighted by Crippen LogP contribution is 2.40. The van der Waals surface area contributed by atoms with E-state index in [9.17, 15) is 14.7 Å². The highest BCUT2D eigenvalue weighted by molar-refractivity contribution is 6.46. The van der Waals surface area contributed by atoms with E-state index < -0.39 is 17.7 Å². The number of benzene rings is 1. The fourth-order valence-corrected chi connectivity index (χ4v) is 3.55. The lowest BCUT2D eigenvalue weighted by Crippen LogP contribution is -2.31. The molecule has 1 aromatic heterocycles. The highest BCUT2D eigenvalue weighted by atomic mass is 16.5. The van der Waals surface area contributed by atoms with Crippen molar-refractivity contribution in [3.8, 4) is 5.75 Å². The van der Waals surface area contributed by atoms with Crippen LogP contribution in [0.25, 0.3) is 5.76 Å². The van der Waals surface area contributed by atoms with Gasteiger partial charge in [-0.3, -0.25) is 9.59 Å². The number of Topliss-reactive ketones (excluding diaryl/α,β-unsaturated/α-hetero) is 1. The Morgan fingerprint density at radius 2 is 1.90 bits per heavy atom. The normalized spacial score (nSPS) is 18.4. The topological polar surface area (TPSA) is 89.2 Å². The van der Waals surface area contributed by atoms with Crippen LogP contribution in [0.1, 0.15) is 51.5 Å². The van der Waals surface area contributed by atoms with Crippen molar-refractivity contribution in [2.45, 2.75) is 52.4 Å². The lowest BCUT2D eigenvalue weighted by molar-refractivity contribution is -0.140. The molecule has 3 rings (SSSR count). The van der Waals surface area contributed by atoms with Gasteiger partial charge in [-0.05, 0) is 58.4 Å². The van der Waals surface area contributed by atoms with Gasteiger partial charge in [0.05, 0.1) is 24.0 Å². The molecule has 31 heavy (non-hydrogen) atoms. The number of aliphatic hydroxyl groups is 1. The smallest absolute Gasteiger partial charge is 0.295 e. The molecule has 1 amide bonds. The molecule has 0 radical (unpaired) electrons. The highest BCUT2D eigenvalue weighted by Gasteiger charge is 2.47. The lowest BCUT2D eigenvalue weighted by atomic mass is 9.99. The van der Waals surface area contributed by atoms with E-state index in [0.717, 1.165) is 0 Å². The van der Waals surface area contributed by atoms with Gasteiger partial charge in [0.15, 0.2) is 0 Å². The van der Waals surface area contributed by atoms with Gasteiger partial charge in [0.1, 0.15) is 23.3 Å². The van der Waals surface area contributed by atoms with E-state index in [-0.39, 0.29) is 23.5 Å². The van der Waals surface area contributed by atoms with E-state index in [1.807, 2.05) is 27.7 Å². The first-order valence-electron chi connectivity index (χ1n) is 10.5. The SMILES string of the molecule is CC(C)OCCCN1C(=O)C(=O)/C(=C(\O)c2cccc(OC(C)C)c2)C1c1ccco1. The van der Waals surface area contributed by atoms with E-state index in [1.54, 1.807) is 36.4 Å². The number of ether oxygens (including phenoxy) is 2. The molecule has 1 fully saturated rings. The first-order chi connectivity index (χ1) is 14.8. The van der Waals surface area contributed by atoms with E-state index in [2.05, 4.69) is 0 Å². The molecule has 1 unspecified atom stereocenters. The van der Waals surface area contributed by atoms with E-state index in [4.69, 9.17) is 13.9 Å². The number of hydrogen-bond donors (Lipinski definition) is 1. The number of ketones is 1. The van der Waals surface area contributed by atoms with Gasteiger partial charge in [0.25, 0.3) is 11.7 Å². The fourth-order valence-electron chi connectivity index (χ4n) is 3.55. The molecule has 7 nitrogen and oxygen atoms in total. The number of amides is 1. The number of carbonyl (C=O) groups excluding carboxylic acids is 2. The number of furan rings is 1. The Kier molecular flexibility index (Phi) is 7.17. The number of carbonyl (C=O) groups is 2. The second kappa shape index (κ2) is 9.83. The molecule has 0 bridgehead atoms. The summed E-state index contributed by atoms with van der Waals surface area (Å²) in [6.07, 6.45) is 2.07. The van der Waals surface area contributed by atoms with Crippen molar-refractivity contribution in [3.05, 3.63) is 59.6 Å². The number of nitrogens with zero attached hydrogens (tertiary/aromatic N) is 1. The van der Waals surface area contributed by atoms with Gasteiger partial charge in [0.2, 0.25) is 0 Å². The maximum Gasteiger partial charge on any atom is 0.295 e. The third-order valence-electron chi connectivity index (χ3n) is 4.83. The maximum absolute atomic E-state index is 12.9. The Bertz CT molecular complexity index is 945.